The maximum atomic E-state index is 13.3. The van der Waals surface area contributed by atoms with Crippen LogP contribution in [0.25, 0.3) is 6.08 Å². The summed E-state index contributed by atoms with van der Waals surface area (Å²) in [5.74, 6) is -1.52. The van der Waals surface area contributed by atoms with Gasteiger partial charge in [-0.1, -0.05) is 12.1 Å². The van der Waals surface area contributed by atoms with Crippen LogP contribution in [0.15, 0.2) is 47.9 Å². The van der Waals surface area contributed by atoms with E-state index in [1.165, 1.54) is 29.7 Å². The summed E-state index contributed by atoms with van der Waals surface area (Å²) < 4.78 is 50.5. The molecule has 0 spiro atoms. The van der Waals surface area contributed by atoms with Gasteiger partial charge in [0.1, 0.15) is 17.5 Å². The summed E-state index contributed by atoms with van der Waals surface area (Å²) in [6.45, 7) is 0. The second-order valence-electron chi connectivity index (χ2n) is 4.12. The molecule has 1 nitrogen and oxygen atoms in total. The number of benzene rings is 2. The van der Waals surface area contributed by atoms with Gasteiger partial charge in [-0.3, -0.25) is 4.21 Å². The van der Waals surface area contributed by atoms with Crippen LogP contribution in [0.1, 0.15) is 11.1 Å². The number of rotatable bonds is 4. The van der Waals surface area contributed by atoms with Crippen molar-refractivity contribution in [2.75, 3.05) is 0 Å². The first-order valence-corrected chi connectivity index (χ1v) is 7.18. The first-order chi connectivity index (χ1) is 9.54. The summed E-state index contributed by atoms with van der Waals surface area (Å²) >= 11 is 0. The van der Waals surface area contributed by atoms with Crippen molar-refractivity contribution in [3.63, 3.8) is 0 Å². The second-order valence-corrected chi connectivity index (χ2v) is 5.44. The molecule has 5 heteroatoms. The van der Waals surface area contributed by atoms with E-state index in [1.54, 1.807) is 12.1 Å². The largest absolute Gasteiger partial charge is 0.255 e. The van der Waals surface area contributed by atoms with Gasteiger partial charge in [-0.15, -0.1) is 0 Å². The van der Waals surface area contributed by atoms with Crippen molar-refractivity contribution < 1.29 is 17.4 Å². The van der Waals surface area contributed by atoms with Gasteiger partial charge >= 0.3 is 0 Å². The molecule has 2 aromatic rings. The molecule has 20 heavy (non-hydrogen) atoms. The third-order valence-corrected chi connectivity index (χ3v) is 3.64. The van der Waals surface area contributed by atoms with Crippen molar-refractivity contribution in [2.24, 2.45) is 0 Å². The maximum Gasteiger partial charge on any atom is 0.133 e. The van der Waals surface area contributed by atoms with E-state index < -0.39 is 22.4 Å². The number of halogens is 3. The molecule has 0 aromatic heterocycles. The van der Waals surface area contributed by atoms with E-state index >= 15 is 0 Å². The second kappa shape index (κ2) is 6.52. The van der Waals surface area contributed by atoms with Gasteiger partial charge in [0.25, 0.3) is 0 Å². The third-order valence-electron chi connectivity index (χ3n) is 2.58. The highest BCUT2D eigenvalue weighted by Gasteiger charge is 2.02. The van der Waals surface area contributed by atoms with Gasteiger partial charge in [0.2, 0.25) is 0 Å². The molecule has 0 aliphatic heterocycles. The van der Waals surface area contributed by atoms with Crippen molar-refractivity contribution in [3.8, 4) is 0 Å². The van der Waals surface area contributed by atoms with Crippen molar-refractivity contribution in [2.45, 2.75) is 5.75 Å². The Kier molecular flexibility index (Phi) is 4.74. The van der Waals surface area contributed by atoms with E-state index in [2.05, 4.69) is 0 Å². The molecule has 0 bridgehead atoms. The Labute approximate surface area is 117 Å². The SMILES string of the molecule is O=S(/C=C/c1ccc(F)cc1F)Cc1ccc(F)cc1. The summed E-state index contributed by atoms with van der Waals surface area (Å²) in [4.78, 5) is 0. The third kappa shape index (κ3) is 4.06. The lowest BCUT2D eigenvalue weighted by atomic mass is 10.2. The zero-order chi connectivity index (χ0) is 14.5. The molecule has 0 saturated carbocycles. The zero-order valence-corrected chi connectivity index (χ0v) is 11.2. The highest BCUT2D eigenvalue weighted by Crippen LogP contribution is 2.12. The smallest absolute Gasteiger partial charge is 0.133 e. The van der Waals surface area contributed by atoms with Crippen LogP contribution in [0.5, 0.6) is 0 Å². The molecule has 0 aliphatic carbocycles. The van der Waals surface area contributed by atoms with Crippen LogP contribution in [-0.4, -0.2) is 4.21 Å². The van der Waals surface area contributed by atoms with Crippen LogP contribution < -0.4 is 0 Å². The molecule has 0 N–H and O–H groups in total. The Hall–Kier alpha value is -1.88. The zero-order valence-electron chi connectivity index (χ0n) is 10.4. The van der Waals surface area contributed by atoms with Gasteiger partial charge in [-0.2, -0.15) is 0 Å². The van der Waals surface area contributed by atoms with Crippen LogP contribution in [0.2, 0.25) is 0 Å². The monoisotopic (exact) mass is 296 g/mol. The fraction of sp³-hybridized carbons (Fsp3) is 0.0667. The Morgan fingerprint density at radius 3 is 2.25 bits per heavy atom. The lowest BCUT2D eigenvalue weighted by Crippen LogP contribution is -1.92. The van der Waals surface area contributed by atoms with Gasteiger partial charge in [-0.05, 0) is 35.9 Å². The topological polar surface area (TPSA) is 17.1 Å². The minimum absolute atomic E-state index is 0.166. The predicted octanol–water partition coefficient (Wildman–Crippen LogP) is 4.02. The summed E-state index contributed by atoms with van der Waals surface area (Å²) in [6, 6.07) is 8.83. The first kappa shape index (κ1) is 14.5. The van der Waals surface area contributed by atoms with E-state index in [4.69, 9.17) is 0 Å². The lowest BCUT2D eigenvalue weighted by molar-refractivity contribution is 0.581. The van der Waals surface area contributed by atoms with Crippen LogP contribution in [0.3, 0.4) is 0 Å². The average Bonchev–Trinajstić information content (AvgIpc) is 2.40. The van der Waals surface area contributed by atoms with Crippen molar-refractivity contribution >= 4 is 16.9 Å². The van der Waals surface area contributed by atoms with Crippen molar-refractivity contribution in [1.29, 1.82) is 0 Å². The molecule has 2 rings (SSSR count). The molecule has 1 atom stereocenters. The maximum absolute atomic E-state index is 13.3. The summed E-state index contributed by atoms with van der Waals surface area (Å²) in [6.07, 6.45) is 1.34. The Bertz CT molecular complexity index is 651. The fourth-order valence-electron chi connectivity index (χ4n) is 1.58. The molecule has 0 radical (unpaired) electrons. The molecule has 1 unspecified atom stereocenters. The molecule has 0 fully saturated rings. The molecular weight excluding hydrogens is 285 g/mol. The van der Waals surface area contributed by atoms with Crippen LogP contribution in [0, 0.1) is 17.5 Å². The minimum atomic E-state index is -1.36. The average molecular weight is 296 g/mol. The van der Waals surface area contributed by atoms with Gasteiger partial charge in [-0.25, -0.2) is 13.2 Å². The summed E-state index contributed by atoms with van der Waals surface area (Å²) in [5, 5.41) is 1.33. The lowest BCUT2D eigenvalue weighted by Gasteiger charge is -1.99. The predicted molar refractivity (Wildman–Crippen MR) is 73.6 cm³/mol. The van der Waals surface area contributed by atoms with Gasteiger partial charge in [0.15, 0.2) is 0 Å². The quantitative estimate of drug-likeness (QED) is 0.832. The molecule has 0 aliphatic rings. The molecule has 2 aromatic carbocycles. The Morgan fingerprint density at radius 2 is 1.60 bits per heavy atom. The van der Waals surface area contributed by atoms with E-state index in [0.29, 0.717) is 5.56 Å². The van der Waals surface area contributed by atoms with Gasteiger partial charge in [0, 0.05) is 17.0 Å². The van der Waals surface area contributed by atoms with Crippen molar-refractivity contribution in [1.82, 2.24) is 0 Å². The summed E-state index contributed by atoms with van der Waals surface area (Å²) in [5.41, 5.74) is 0.882. The van der Waals surface area contributed by atoms with E-state index in [-0.39, 0.29) is 17.1 Å². The molecule has 0 amide bonds. The standard InChI is InChI=1S/C15H11F3OS/c16-13-4-1-11(2-5-13)10-20(19)8-7-12-3-6-14(17)9-15(12)18/h1-9H,10H2/b8-7+. The highest BCUT2D eigenvalue weighted by atomic mass is 32.2. The van der Waals surface area contributed by atoms with Gasteiger partial charge < -0.3 is 0 Å². The molecular formula is C15H11F3OS. The Morgan fingerprint density at radius 1 is 0.950 bits per heavy atom. The molecule has 0 saturated heterocycles. The van der Waals surface area contributed by atoms with E-state index in [9.17, 15) is 17.4 Å². The summed E-state index contributed by atoms with van der Waals surface area (Å²) in [7, 11) is -1.36. The first-order valence-electron chi connectivity index (χ1n) is 5.79. The minimum Gasteiger partial charge on any atom is -0.255 e. The van der Waals surface area contributed by atoms with Crippen LogP contribution in [0.4, 0.5) is 13.2 Å². The number of hydrogen-bond acceptors (Lipinski definition) is 1. The molecule has 104 valence electrons. The fourth-order valence-corrected chi connectivity index (χ4v) is 2.49. The Balaban J connectivity index is 2.03. The highest BCUT2D eigenvalue weighted by molar-refractivity contribution is 7.87. The normalized spacial score (nSPS) is 12.8. The molecule has 0 heterocycles. The van der Waals surface area contributed by atoms with Gasteiger partial charge in [0.05, 0.1) is 16.6 Å². The van der Waals surface area contributed by atoms with E-state index in [1.807, 2.05) is 0 Å². The number of hydrogen-bond donors (Lipinski definition) is 0. The van der Waals surface area contributed by atoms with Crippen molar-refractivity contribution in [3.05, 3.63) is 76.5 Å². The van der Waals surface area contributed by atoms with Crippen LogP contribution >= 0.6 is 0 Å². The van der Waals surface area contributed by atoms with E-state index in [0.717, 1.165) is 12.1 Å². The van der Waals surface area contributed by atoms with Crippen LogP contribution in [-0.2, 0) is 16.6 Å².